The molecular weight excluding hydrogens is 256 g/mol. The Hall–Kier alpha value is -2.19. The highest BCUT2D eigenvalue weighted by Crippen LogP contribution is 2.21. The third-order valence-electron chi connectivity index (χ3n) is 2.02. The van der Waals surface area contributed by atoms with Crippen LogP contribution in [0, 0.1) is 12.3 Å². The molecule has 0 saturated heterocycles. The van der Waals surface area contributed by atoms with E-state index in [1.165, 1.54) is 18.2 Å². The Morgan fingerprint density at radius 2 is 2.17 bits per heavy atom. The summed E-state index contributed by atoms with van der Waals surface area (Å²) in [5, 5.41) is 14.2. The molecule has 2 amide bonds. The number of terminal acetylenes is 1. The summed E-state index contributed by atoms with van der Waals surface area (Å²) >= 11 is 5.74. The molecule has 94 valence electrons. The van der Waals surface area contributed by atoms with Gasteiger partial charge in [-0.2, -0.15) is 0 Å². The topological polar surface area (TPSA) is 78.4 Å². The van der Waals surface area contributed by atoms with Crippen molar-refractivity contribution in [3.63, 3.8) is 0 Å². The van der Waals surface area contributed by atoms with E-state index in [2.05, 4.69) is 16.6 Å². The number of urea groups is 1. The van der Waals surface area contributed by atoms with Crippen LogP contribution >= 0.6 is 11.6 Å². The Kier molecular flexibility index (Phi) is 5.03. The number of aromatic carboxylic acids is 1. The molecular formula is C12H11ClN2O3. The number of halogens is 1. The lowest BCUT2D eigenvalue weighted by Gasteiger charge is -2.09. The van der Waals surface area contributed by atoms with Crippen molar-refractivity contribution in [3.8, 4) is 12.3 Å². The minimum absolute atomic E-state index is 0.0356. The van der Waals surface area contributed by atoms with Gasteiger partial charge in [0.15, 0.2) is 0 Å². The minimum Gasteiger partial charge on any atom is -0.478 e. The summed E-state index contributed by atoms with van der Waals surface area (Å²) in [4.78, 5) is 22.4. The zero-order valence-corrected chi connectivity index (χ0v) is 10.1. The van der Waals surface area contributed by atoms with E-state index in [4.69, 9.17) is 23.1 Å². The maximum absolute atomic E-state index is 11.4. The van der Waals surface area contributed by atoms with Gasteiger partial charge < -0.3 is 15.7 Å². The van der Waals surface area contributed by atoms with Gasteiger partial charge in [0.2, 0.25) is 0 Å². The predicted octanol–water partition coefficient (Wildman–Crippen LogP) is 2.18. The van der Waals surface area contributed by atoms with E-state index >= 15 is 0 Å². The Morgan fingerprint density at radius 1 is 1.44 bits per heavy atom. The molecule has 0 atom stereocenters. The number of nitrogens with one attached hydrogen (secondary N) is 2. The quantitative estimate of drug-likeness (QED) is 0.577. The number of hydrogen-bond acceptors (Lipinski definition) is 2. The largest absolute Gasteiger partial charge is 0.478 e. The van der Waals surface area contributed by atoms with Gasteiger partial charge in [0.1, 0.15) is 0 Å². The molecule has 1 rings (SSSR count). The molecule has 0 aliphatic heterocycles. The molecule has 0 bridgehead atoms. The highest BCUT2D eigenvalue weighted by Gasteiger charge is 2.12. The van der Waals surface area contributed by atoms with Crippen molar-refractivity contribution in [1.82, 2.24) is 5.32 Å². The first-order valence-electron chi connectivity index (χ1n) is 5.05. The van der Waals surface area contributed by atoms with E-state index < -0.39 is 12.0 Å². The minimum atomic E-state index is -1.15. The van der Waals surface area contributed by atoms with Crippen molar-refractivity contribution in [1.29, 1.82) is 0 Å². The van der Waals surface area contributed by atoms with Crippen molar-refractivity contribution in [3.05, 3.63) is 28.8 Å². The fraction of sp³-hybridized carbons (Fsp3) is 0.167. The van der Waals surface area contributed by atoms with Crippen LogP contribution < -0.4 is 10.6 Å². The molecule has 0 heterocycles. The highest BCUT2D eigenvalue weighted by molar-refractivity contribution is 6.31. The Bertz CT molecular complexity index is 509. The molecule has 1 aromatic rings. The number of carbonyl (C=O) groups is 2. The smallest absolute Gasteiger partial charge is 0.337 e. The fourth-order valence-electron chi connectivity index (χ4n) is 1.22. The average Bonchev–Trinajstić information content (AvgIpc) is 2.29. The van der Waals surface area contributed by atoms with Crippen LogP contribution in [0.1, 0.15) is 16.8 Å². The summed E-state index contributed by atoms with van der Waals surface area (Å²) in [5.74, 6) is 1.22. The number of carboxylic acid groups (broad SMARTS) is 1. The zero-order chi connectivity index (χ0) is 13.5. The summed E-state index contributed by atoms with van der Waals surface area (Å²) in [5.41, 5.74) is 0.0970. The van der Waals surface area contributed by atoms with Gasteiger partial charge in [0.25, 0.3) is 0 Å². The third kappa shape index (κ3) is 4.00. The van der Waals surface area contributed by atoms with Crippen molar-refractivity contribution in [2.45, 2.75) is 6.42 Å². The van der Waals surface area contributed by atoms with Gasteiger partial charge in [-0.3, -0.25) is 0 Å². The summed E-state index contributed by atoms with van der Waals surface area (Å²) in [7, 11) is 0. The first-order valence-corrected chi connectivity index (χ1v) is 5.43. The van der Waals surface area contributed by atoms with E-state index in [1.807, 2.05) is 0 Å². The normalized spacial score (nSPS) is 9.33. The van der Waals surface area contributed by atoms with Gasteiger partial charge in [0.05, 0.1) is 11.3 Å². The van der Waals surface area contributed by atoms with Crippen LogP contribution in [0.5, 0.6) is 0 Å². The second-order valence-corrected chi connectivity index (χ2v) is 3.77. The molecule has 0 aliphatic carbocycles. The van der Waals surface area contributed by atoms with Gasteiger partial charge in [-0.25, -0.2) is 9.59 Å². The van der Waals surface area contributed by atoms with Crippen molar-refractivity contribution >= 4 is 29.3 Å². The van der Waals surface area contributed by atoms with Gasteiger partial charge in [-0.05, 0) is 18.2 Å². The van der Waals surface area contributed by atoms with Crippen LogP contribution in [-0.4, -0.2) is 23.7 Å². The molecule has 0 radical (unpaired) electrons. The molecule has 0 spiro atoms. The van der Waals surface area contributed by atoms with Gasteiger partial charge in [0, 0.05) is 18.0 Å². The maximum Gasteiger partial charge on any atom is 0.337 e. The second-order valence-electron chi connectivity index (χ2n) is 3.33. The number of carboxylic acids is 1. The van der Waals surface area contributed by atoms with Crippen molar-refractivity contribution < 1.29 is 14.7 Å². The number of hydrogen-bond donors (Lipinski definition) is 3. The Morgan fingerprint density at radius 3 is 2.78 bits per heavy atom. The third-order valence-corrected chi connectivity index (χ3v) is 2.25. The van der Waals surface area contributed by atoms with Crippen LogP contribution in [0.15, 0.2) is 18.2 Å². The highest BCUT2D eigenvalue weighted by atomic mass is 35.5. The summed E-state index contributed by atoms with van der Waals surface area (Å²) in [6.45, 7) is 0.311. The number of rotatable bonds is 4. The number of anilines is 1. The van der Waals surface area contributed by atoms with E-state index in [0.717, 1.165) is 0 Å². The molecule has 18 heavy (non-hydrogen) atoms. The average molecular weight is 267 g/mol. The van der Waals surface area contributed by atoms with E-state index in [9.17, 15) is 9.59 Å². The first kappa shape index (κ1) is 13.9. The summed E-state index contributed by atoms with van der Waals surface area (Å²) < 4.78 is 0. The predicted molar refractivity (Wildman–Crippen MR) is 68.9 cm³/mol. The van der Waals surface area contributed by atoms with Crippen LogP contribution in [0.25, 0.3) is 0 Å². The first-order chi connectivity index (χ1) is 8.54. The van der Waals surface area contributed by atoms with Gasteiger partial charge in [-0.15, -0.1) is 12.3 Å². The van der Waals surface area contributed by atoms with E-state index in [-0.39, 0.29) is 11.3 Å². The van der Waals surface area contributed by atoms with Crippen LogP contribution in [0.3, 0.4) is 0 Å². The zero-order valence-electron chi connectivity index (χ0n) is 9.37. The molecule has 0 aromatic heterocycles. The molecule has 0 fully saturated rings. The second kappa shape index (κ2) is 6.52. The van der Waals surface area contributed by atoms with Gasteiger partial charge >= 0.3 is 12.0 Å². The summed E-state index contributed by atoms with van der Waals surface area (Å²) in [6.07, 6.45) is 5.43. The number of benzene rings is 1. The summed E-state index contributed by atoms with van der Waals surface area (Å²) in [6, 6.07) is 3.59. The number of carbonyl (C=O) groups excluding carboxylic acids is 1. The molecule has 0 unspecified atom stereocenters. The number of amides is 2. The molecule has 6 heteroatoms. The lowest BCUT2D eigenvalue weighted by molar-refractivity contribution is 0.0698. The monoisotopic (exact) mass is 266 g/mol. The van der Waals surface area contributed by atoms with Crippen LogP contribution in [-0.2, 0) is 0 Å². The van der Waals surface area contributed by atoms with Gasteiger partial charge in [-0.1, -0.05) is 11.6 Å². The lowest BCUT2D eigenvalue weighted by atomic mass is 10.2. The van der Waals surface area contributed by atoms with Crippen LogP contribution in [0.4, 0.5) is 10.5 Å². The standard InChI is InChI=1S/C12H11ClN2O3/c1-2-3-6-14-12(18)15-10-7-8(13)4-5-9(10)11(16)17/h1,4-5,7H,3,6H2,(H,16,17)(H2,14,15,18). The maximum atomic E-state index is 11.4. The molecule has 0 aliphatic rings. The van der Waals surface area contributed by atoms with E-state index in [1.54, 1.807) is 0 Å². The Balaban J connectivity index is 2.77. The molecule has 3 N–H and O–H groups in total. The lowest BCUT2D eigenvalue weighted by Crippen LogP contribution is -2.30. The molecule has 0 saturated carbocycles. The molecule has 1 aromatic carbocycles. The van der Waals surface area contributed by atoms with Crippen molar-refractivity contribution in [2.24, 2.45) is 0 Å². The van der Waals surface area contributed by atoms with Crippen LogP contribution in [0.2, 0.25) is 5.02 Å². The van der Waals surface area contributed by atoms with E-state index in [0.29, 0.717) is 18.0 Å². The fourth-order valence-corrected chi connectivity index (χ4v) is 1.39. The Labute approximate surface area is 109 Å². The molecule has 5 nitrogen and oxygen atoms in total. The SMILES string of the molecule is C#CCCNC(=O)Nc1cc(Cl)ccc1C(=O)O. The van der Waals surface area contributed by atoms with Crippen molar-refractivity contribution in [2.75, 3.05) is 11.9 Å².